The first-order chi connectivity index (χ1) is 13.0. The summed E-state index contributed by atoms with van der Waals surface area (Å²) >= 11 is 0. The highest BCUT2D eigenvalue weighted by atomic mass is 19.1. The molecule has 1 N–H and O–H groups in total. The summed E-state index contributed by atoms with van der Waals surface area (Å²) in [5.41, 5.74) is 1.60. The summed E-state index contributed by atoms with van der Waals surface area (Å²) in [7, 11) is 3.15. The number of methoxy groups -OCH3 is 1. The van der Waals surface area contributed by atoms with Gasteiger partial charge < -0.3 is 15.0 Å². The van der Waals surface area contributed by atoms with Crippen LogP contribution in [0.2, 0.25) is 0 Å². The minimum absolute atomic E-state index is 0.101. The fourth-order valence-electron chi connectivity index (χ4n) is 2.89. The molecule has 0 aliphatic heterocycles. The number of benzene rings is 2. The van der Waals surface area contributed by atoms with Gasteiger partial charge in [-0.1, -0.05) is 31.2 Å². The molecule has 5 nitrogen and oxygen atoms in total. The van der Waals surface area contributed by atoms with E-state index in [1.54, 1.807) is 31.2 Å². The van der Waals surface area contributed by atoms with Crippen LogP contribution in [-0.4, -0.2) is 36.9 Å². The van der Waals surface area contributed by atoms with E-state index in [0.29, 0.717) is 18.5 Å². The Morgan fingerprint density at radius 1 is 1.07 bits per heavy atom. The SMILES string of the molecule is CC[C@H](C(=O)NC)N(Cc1ccc(OC)cc1)C(=O)Cc1ccc(F)cc1. The van der Waals surface area contributed by atoms with Crippen molar-refractivity contribution < 1.29 is 18.7 Å². The number of hydrogen-bond donors (Lipinski definition) is 1. The molecule has 2 aromatic rings. The van der Waals surface area contributed by atoms with Gasteiger partial charge in [0.15, 0.2) is 0 Å². The van der Waals surface area contributed by atoms with Crippen LogP contribution in [-0.2, 0) is 22.6 Å². The number of halogens is 1. The van der Waals surface area contributed by atoms with Crippen LogP contribution in [0.5, 0.6) is 5.75 Å². The van der Waals surface area contributed by atoms with Crippen molar-refractivity contribution in [2.45, 2.75) is 32.4 Å². The van der Waals surface area contributed by atoms with Gasteiger partial charge in [0.25, 0.3) is 0 Å². The molecule has 0 fully saturated rings. The third-order valence-electron chi connectivity index (χ3n) is 4.41. The Hall–Kier alpha value is -2.89. The van der Waals surface area contributed by atoms with Gasteiger partial charge in [-0.25, -0.2) is 4.39 Å². The molecule has 0 aliphatic rings. The molecule has 0 bridgehead atoms. The second-order valence-corrected chi connectivity index (χ2v) is 6.21. The second kappa shape index (κ2) is 9.71. The predicted octanol–water partition coefficient (Wildman–Crippen LogP) is 2.93. The molecule has 144 valence electrons. The van der Waals surface area contributed by atoms with Gasteiger partial charge in [-0.3, -0.25) is 9.59 Å². The Labute approximate surface area is 159 Å². The lowest BCUT2D eigenvalue weighted by atomic mass is 10.1. The fraction of sp³-hybridized carbons (Fsp3) is 0.333. The average Bonchev–Trinajstić information content (AvgIpc) is 2.69. The summed E-state index contributed by atoms with van der Waals surface area (Å²) in [6.07, 6.45) is 0.592. The molecule has 0 heterocycles. The van der Waals surface area contributed by atoms with E-state index in [1.165, 1.54) is 12.1 Å². The maximum Gasteiger partial charge on any atom is 0.242 e. The van der Waals surface area contributed by atoms with Gasteiger partial charge >= 0.3 is 0 Å². The molecule has 0 spiro atoms. The van der Waals surface area contributed by atoms with Crippen molar-refractivity contribution >= 4 is 11.8 Å². The van der Waals surface area contributed by atoms with E-state index in [-0.39, 0.29) is 24.1 Å². The van der Waals surface area contributed by atoms with Crippen LogP contribution in [0.15, 0.2) is 48.5 Å². The summed E-state index contributed by atoms with van der Waals surface area (Å²) in [6.45, 7) is 2.17. The normalized spacial score (nSPS) is 11.6. The molecule has 2 rings (SSSR count). The van der Waals surface area contributed by atoms with Crippen molar-refractivity contribution in [3.63, 3.8) is 0 Å². The molecule has 27 heavy (non-hydrogen) atoms. The number of amides is 2. The van der Waals surface area contributed by atoms with E-state index in [2.05, 4.69) is 5.32 Å². The van der Waals surface area contributed by atoms with Crippen molar-refractivity contribution in [1.82, 2.24) is 10.2 Å². The Morgan fingerprint density at radius 2 is 1.67 bits per heavy atom. The van der Waals surface area contributed by atoms with E-state index < -0.39 is 6.04 Å². The Kier molecular flexibility index (Phi) is 7.34. The monoisotopic (exact) mass is 372 g/mol. The van der Waals surface area contributed by atoms with Crippen molar-refractivity contribution in [2.75, 3.05) is 14.2 Å². The highest BCUT2D eigenvalue weighted by Gasteiger charge is 2.28. The van der Waals surface area contributed by atoms with E-state index in [4.69, 9.17) is 4.74 Å². The number of hydrogen-bond acceptors (Lipinski definition) is 3. The van der Waals surface area contributed by atoms with E-state index >= 15 is 0 Å². The smallest absolute Gasteiger partial charge is 0.242 e. The number of nitrogens with zero attached hydrogens (tertiary/aromatic N) is 1. The van der Waals surface area contributed by atoms with Crippen molar-refractivity contribution in [1.29, 1.82) is 0 Å². The lowest BCUT2D eigenvalue weighted by Crippen LogP contribution is -2.48. The molecule has 6 heteroatoms. The van der Waals surface area contributed by atoms with Crippen molar-refractivity contribution in [3.8, 4) is 5.75 Å². The lowest BCUT2D eigenvalue weighted by molar-refractivity contribution is -0.140. The number of rotatable bonds is 8. The molecule has 0 radical (unpaired) electrons. The fourth-order valence-corrected chi connectivity index (χ4v) is 2.89. The third kappa shape index (κ3) is 5.54. The van der Waals surface area contributed by atoms with Crippen LogP contribution >= 0.6 is 0 Å². The molecular weight excluding hydrogens is 347 g/mol. The number of nitrogens with one attached hydrogen (secondary N) is 1. The second-order valence-electron chi connectivity index (χ2n) is 6.21. The van der Waals surface area contributed by atoms with Gasteiger partial charge in [0, 0.05) is 13.6 Å². The summed E-state index contributed by atoms with van der Waals surface area (Å²) in [4.78, 5) is 26.8. The van der Waals surface area contributed by atoms with Crippen LogP contribution in [0, 0.1) is 5.82 Å². The molecule has 2 aromatic carbocycles. The number of likely N-dealkylation sites (N-methyl/N-ethyl adjacent to an activating group) is 1. The minimum atomic E-state index is -0.579. The van der Waals surface area contributed by atoms with Crippen LogP contribution in [0.4, 0.5) is 4.39 Å². The maximum atomic E-state index is 13.1. The first kappa shape index (κ1) is 20.4. The molecule has 0 aliphatic carbocycles. The maximum absolute atomic E-state index is 13.1. The zero-order valence-electron chi connectivity index (χ0n) is 15.9. The third-order valence-corrected chi connectivity index (χ3v) is 4.41. The number of ether oxygens (including phenoxy) is 1. The summed E-state index contributed by atoms with van der Waals surface area (Å²) in [6, 6.07) is 12.6. The molecule has 0 aromatic heterocycles. The standard InChI is InChI=1S/C21H25FN2O3/c1-4-19(21(26)23-2)24(14-16-7-11-18(27-3)12-8-16)20(25)13-15-5-9-17(22)10-6-15/h5-12,19H,4,13-14H2,1-3H3,(H,23,26)/t19-/m1/s1. The van der Waals surface area contributed by atoms with Crippen LogP contribution in [0.1, 0.15) is 24.5 Å². The van der Waals surface area contributed by atoms with E-state index in [1.807, 2.05) is 31.2 Å². The summed E-state index contributed by atoms with van der Waals surface area (Å²) in [5, 5.41) is 2.62. The highest BCUT2D eigenvalue weighted by Crippen LogP contribution is 2.17. The van der Waals surface area contributed by atoms with Gasteiger partial charge in [-0.2, -0.15) is 0 Å². The number of carbonyl (C=O) groups excluding carboxylic acids is 2. The van der Waals surface area contributed by atoms with E-state index in [9.17, 15) is 14.0 Å². The number of carbonyl (C=O) groups is 2. The molecule has 0 unspecified atom stereocenters. The van der Waals surface area contributed by atoms with Gasteiger partial charge in [-0.05, 0) is 41.8 Å². The quantitative estimate of drug-likeness (QED) is 0.775. The molecule has 0 saturated carbocycles. The lowest BCUT2D eigenvalue weighted by Gasteiger charge is -2.30. The molecule has 1 atom stereocenters. The van der Waals surface area contributed by atoms with Gasteiger partial charge in [0.05, 0.1) is 13.5 Å². The average molecular weight is 372 g/mol. The van der Waals surface area contributed by atoms with Crippen molar-refractivity contribution in [2.24, 2.45) is 0 Å². The minimum Gasteiger partial charge on any atom is -0.497 e. The zero-order valence-corrected chi connectivity index (χ0v) is 15.9. The molecule has 2 amide bonds. The first-order valence-electron chi connectivity index (χ1n) is 8.87. The van der Waals surface area contributed by atoms with E-state index in [0.717, 1.165) is 11.3 Å². The van der Waals surface area contributed by atoms with Crippen LogP contribution < -0.4 is 10.1 Å². The Morgan fingerprint density at radius 3 is 2.19 bits per heavy atom. The van der Waals surface area contributed by atoms with Crippen LogP contribution in [0.25, 0.3) is 0 Å². The molecular formula is C21H25FN2O3. The highest BCUT2D eigenvalue weighted by molar-refractivity contribution is 5.88. The van der Waals surface area contributed by atoms with Crippen LogP contribution in [0.3, 0.4) is 0 Å². The predicted molar refractivity (Wildman–Crippen MR) is 102 cm³/mol. The zero-order chi connectivity index (χ0) is 19.8. The Bertz CT molecular complexity index is 760. The summed E-state index contributed by atoms with van der Waals surface area (Å²) in [5.74, 6) is -0.0225. The van der Waals surface area contributed by atoms with Gasteiger partial charge in [-0.15, -0.1) is 0 Å². The largest absolute Gasteiger partial charge is 0.497 e. The van der Waals surface area contributed by atoms with Gasteiger partial charge in [0.1, 0.15) is 17.6 Å². The Balaban J connectivity index is 2.25. The van der Waals surface area contributed by atoms with Gasteiger partial charge in [0.2, 0.25) is 11.8 Å². The summed E-state index contributed by atoms with van der Waals surface area (Å²) < 4.78 is 18.3. The first-order valence-corrected chi connectivity index (χ1v) is 8.87. The topological polar surface area (TPSA) is 58.6 Å². The van der Waals surface area contributed by atoms with Crippen molar-refractivity contribution in [3.05, 3.63) is 65.5 Å². The molecule has 0 saturated heterocycles.